The van der Waals surface area contributed by atoms with Crippen molar-refractivity contribution in [2.45, 2.75) is 25.1 Å². The zero-order valence-electron chi connectivity index (χ0n) is 11.4. The molecule has 0 amide bonds. The van der Waals surface area contributed by atoms with Crippen LogP contribution in [-0.4, -0.2) is 54.0 Å². The quantitative estimate of drug-likeness (QED) is 0.731. The van der Waals surface area contributed by atoms with Crippen molar-refractivity contribution >= 4 is 12.6 Å². The largest absolute Gasteiger partial charge is 0.492 e. The summed E-state index contributed by atoms with van der Waals surface area (Å²) in [4.78, 5) is 1.39. The molecule has 0 unspecified atom stereocenters. The van der Waals surface area contributed by atoms with E-state index in [0.29, 0.717) is 11.2 Å². The van der Waals surface area contributed by atoms with Gasteiger partial charge in [0.05, 0.1) is 6.54 Å². The normalized spacial score (nSPS) is 15.3. The van der Waals surface area contributed by atoms with Gasteiger partial charge in [0.25, 0.3) is 0 Å². The molecule has 1 aliphatic rings. The van der Waals surface area contributed by atoms with E-state index in [1.165, 1.54) is 17.0 Å². The van der Waals surface area contributed by atoms with E-state index >= 15 is 0 Å². The second-order valence-corrected chi connectivity index (χ2v) is 5.11. The summed E-state index contributed by atoms with van der Waals surface area (Å²) in [5.74, 6) is 0.488. The van der Waals surface area contributed by atoms with Gasteiger partial charge in [0.1, 0.15) is 12.4 Å². The molecule has 4 nitrogen and oxygen atoms in total. The van der Waals surface area contributed by atoms with Gasteiger partial charge in [-0.2, -0.15) is 13.2 Å². The molecule has 0 aliphatic heterocycles. The lowest BCUT2D eigenvalue weighted by molar-refractivity contribution is -0.147. The highest BCUT2D eigenvalue weighted by Crippen LogP contribution is 2.29. The van der Waals surface area contributed by atoms with E-state index in [4.69, 9.17) is 14.8 Å². The first-order valence-corrected chi connectivity index (χ1v) is 6.75. The van der Waals surface area contributed by atoms with Crippen LogP contribution in [0.2, 0.25) is 0 Å². The Morgan fingerprint density at radius 2 is 1.81 bits per heavy atom. The van der Waals surface area contributed by atoms with Crippen LogP contribution in [0.4, 0.5) is 13.2 Å². The summed E-state index contributed by atoms with van der Waals surface area (Å²) in [6, 6.07) is 6.12. The van der Waals surface area contributed by atoms with Crippen LogP contribution in [0.1, 0.15) is 12.8 Å². The fraction of sp³-hybridized carbons (Fsp3) is 0.538. The molecular weight excluding hydrogens is 286 g/mol. The molecular formula is C13H17BF3NO3. The molecule has 0 aromatic heterocycles. The van der Waals surface area contributed by atoms with Gasteiger partial charge in [-0.15, -0.1) is 0 Å². The van der Waals surface area contributed by atoms with Gasteiger partial charge in [-0.25, -0.2) is 0 Å². The number of halogens is 3. The van der Waals surface area contributed by atoms with Crippen LogP contribution in [0.15, 0.2) is 24.3 Å². The minimum absolute atomic E-state index is 0.0159. The zero-order chi connectivity index (χ0) is 15.5. The molecule has 0 saturated heterocycles. The van der Waals surface area contributed by atoms with Crippen LogP contribution < -0.4 is 10.2 Å². The van der Waals surface area contributed by atoms with Gasteiger partial charge in [0.15, 0.2) is 0 Å². The molecule has 1 fully saturated rings. The maximum atomic E-state index is 12.4. The smallest absolute Gasteiger partial charge is 0.488 e. The van der Waals surface area contributed by atoms with Gasteiger partial charge in [-0.05, 0) is 30.4 Å². The number of ether oxygens (including phenoxy) is 1. The van der Waals surface area contributed by atoms with Crippen molar-refractivity contribution in [1.29, 1.82) is 0 Å². The number of hydrogen-bond acceptors (Lipinski definition) is 4. The highest BCUT2D eigenvalue weighted by molar-refractivity contribution is 6.58. The Morgan fingerprint density at radius 3 is 2.29 bits per heavy atom. The van der Waals surface area contributed by atoms with Gasteiger partial charge >= 0.3 is 13.3 Å². The molecule has 2 N–H and O–H groups in total. The Labute approximate surface area is 121 Å². The summed E-state index contributed by atoms with van der Waals surface area (Å²) in [6.45, 7) is -0.529. The average Bonchev–Trinajstić information content (AvgIpc) is 3.21. The highest BCUT2D eigenvalue weighted by atomic mass is 19.4. The lowest BCUT2D eigenvalue weighted by Gasteiger charge is -2.23. The maximum Gasteiger partial charge on any atom is 0.488 e. The summed E-state index contributed by atoms with van der Waals surface area (Å²) in [6.07, 6.45) is -2.58. The molecule has 1 aromatic carbocycles. The van der Waals surface area contributed by atoms with E-state index in [1.54, 1.807) is 12.1 Å². The van der Waals surface area contributed by atoms with Crippen molar-refractivity contribution in [3.05, 3.63) is 24.3 Å². The van der Waals surface area contributed by atoms with Gasteiger partial charge < -0.3 is 14.8 Å². The first-order valence-electron chi connectivity index (χ1n) is 6.75. The molecule has 2 rings (SSSR count). The second-order valence-electron chi connectivity index (χ2n) is 5.11. The van der Waals surface area contributed by atoms with Crippen LogP contribution in [0.5, 0.6) is 5.75 Å². The number of rotatable bonds is 7. The standard InChI is InChI=1S/C13H17BF3NO3/c15-13(16,17)9-18(11-3-4-11)7-8-21-12-5-1-10(2-6-12)14(19)20/h1-2,5-6,11,19-20H,3-4,7-9H2. The summed E-state index contributed by atoms with van der Waals surface area (Å²) < 4.78 is 42.7. The molecule has 1 aliphatic carbocycles. The first kappa shape index (κ1) is 16.1. The predicted molar refractivity (Wildman–Crippen MR) is 72.4 cm³/mol. The second kappa shape index (κ2) is 6.68. The van der Waals surface area contributed by atoms with Gasteiger partial charge in [-0.3, -0.25) is 4.90 Å². The monoisotopic (exact) mass is 303 g/mol. The topological polar surface area (TPSA) is 52.9 Å². The Morgan fingerprint density at radius 1 is 1.19 bits per heavy atom. The van der Waals surface area contributed by atoms with Crippen molar-refractivity contribution in [3.8, 4) is 5.75 Å². The number of hydrogen-bond donors (Lipinski definition) is 2. The molecule has 116 valence electrons. The summed E-state index contributed by atoms with van der Waals surface area (Å²) in [5, 5.41) is 17.9. The van der Waals surface area contributed by atoms with Crippen LogP contribution in [0.25, 0.3) is 0 Å². The van der Waals surface area contributed by atoms with E-state index in [-0.39, 0.29) is 19.2 Å². The summed E-state index contributed by atoms with van der Waals surface area (Å²) >= 11 is 0. The average molecular weight is 303 g/mol. The lowest BCUT2D eigenvalue weighted by atomic mass is 9.80. The minimum Gasteiger partial charge on any atom is -0.492 e. The Balaban J connectivity index is 1.79. The fourth-order valence-electron chi connectivity index (χ4n) is 2.08. The highest BCUT2D eigenvalue weighted by Gasteiger charge is 2.37. The predicted octanol–water partition coefficient (Wildman–Crippen LogP) is 0.772. The number of nitrogens with zero attached hydrogens (tertiary/aromatic N) is 1. The summed E-state index contributed by atoms with van der Waals surface area (Å²) in [7, 11) is -1.55. The van der Waals surface area contributed by atoms with Crippen molar-refractivity contribution in [1.82, 2.24) is 4.90 Å². The van der Waals surface area contributed by atoms with Crippen molar-refractivity contribution in [2.75, 3.05) is 19.7 Å². The molecule has 0 bridgehead atoms. The molecule has 0 spiro atoms. The molecule has 1 aromatic rings. The summed E-state index contributed by atoms with van der Waals surface area (Å²) in [5.41, 5.74) is 0.332. The molecule has 8 heteroatoms. The third-order valence-corrected chi connectivity index (χ3v) is 3.27. The van der Waals surface area contributed by atoms with Gasteiger partial charge in [0.2, 0.25) is 0 Å². The Hall–Kier alpha value is -1.25. The minimum atomic E-state index is -4.19. The SMILES string of the molecule is OB(O)c1ccc(OCCN(CC(F)(F)F)C2CC2)cc1. The third kappa shape index (κ3) is 5.57. The van der Waals surface area contributed by atoms with E-state index < -0.39 is 19.8 Å². The van der Waals surface area contributed by atoms with Crippen molar-refractivity contribution in [3.63, 3.8) is 0 Å². The maximum absolute atomic E-state index is 12.4. The number of benzene rings is 1. The van der Waals surface area contributed by atoms with Crippen LogP contribution in [0, 0.1) is 0 Å². The number of alkyl halides is 3. The molecule has 0 heterocycles. The van der Waals surface area contributed by atoms with Crippen LogP contribution in [-0.2, 0) is 0 Å². The van der Waals surface area contributed by atoms with E-state index in [1.807, 2.05) is 0 Å². The zero-order valence-corrected chi connectivity index (χ0v) is 11.4. The van der Waals surface area contributed by atoms with Crippen molar-refractivity contribution in [2.24, 2.45) is 0 Å². The third-order valence-electron chi connectivity index (χ3n) is 3.27. The molecule has 21 heavy (non-hydrogen) atoms. The molecule has 1 saturated carbocycles. The van der Waals surface area contributed by atoms with Gasteiger partial charge in [-0.1, -0.05) is 12.1 Å². The van der Waals surface area contributed by atoms with Gasteiger partial charge in [0, 0.05) is 12.6 Å². The molecule has 0 atom stereocenters. The van der Waals surface area contributed by atoms with E-state index in [0.717, 1.165) is 12.8 Å². The van der Waals surface area contributed by atoms with Crippen molar-refractivity contribution < 1.29 is 28.0 Å². The Bertz CT molecular complexity index is 449. The Kier molecular flexibility index (Phi) is 5.13. The lowest BCUT2D eigenvalue weighted by Crippen LogP contribution is -2.38. The fourth-order valence-corrected chi connectivity index (χ4v) is 2.08. The van der Waals surface area contributed by atoms with E-state index in [2.05, 4.69) is 0 Å². The van der Waals surface area contributed by atoms with Crippen LogP contribution in [0.3, 0.4) is 0 Å². The molecule has 0 radical (unpaired) electrons. The van der Waals surface area contributed by atoms with Crippen LogP contribution >= 0.6 is 0 Å². The first-order chi connectivity index (χ1) is 9.85. The van der Waals surface area contributed by atoms with E-state index in [9.17, 15) is 13.2 Å².